The van der Waals surface area contributed by atoms with E-state index in [1.165, 1.54) is 6.42 Å². The summed E-state index contributed by atoms with van der Waals surface area (Å²) < 4.78 is 0. The largest absolute Gasteiger partial charge is 0.400 e. The molecule has 0 heterocycles. The van der Waals surface area contributed by atoms with Crippen molar-refractivity contribution in [2.24, 2.45) is 0 Å². The van der Waals surface area contributed by atoms with Gasteiger partial charge in [0, 0.05) is 7.11 Å². The van der Waals surface area contributed by atoms with Crippen LogP contribution in [0.4, 0.5) is 0 Å². The third-order valence-corrected chi connectivity index (χ3v) is 0.854. The molecule has 0 saturated heterocycles. The highest BCUT2D eigenvalue weighted by Crippen LogP contribution is 1.66. The second-order valence-corrected chi connectivity index (χ2v) is 1.56. The molecular weight excluding hydrogens is 116 g/mol. The Morgan fingerprint density at radius 1 is 1.00 bits per heavy atom. The molecule has 0 aromatic rings. The molecule has 9 heavy (non-hydrogen) atoms. The van der Waals surface area contributed by atoms with Gasteiger partial charge in [-0.05, 0) is 33.6 Å². The summed E-state index contributed by atoms with van der Waals surface area (Å²) >= 11 is 0. The van der Waals surface area contributed by atoms with E-state index in [-0.39, 0.29) is 0 Å². The highest BCUT2D eigenvalue weighted by molar-refractivity contribution is 4.42. The summed E-state index contributed by atoms with van der Waals surface area (Å²) in [6.45, 7) is 2.22. The Morgan fingerprint density at radius 2 is 1.33 bits per heavy atom. The lowest BCUT2D eigenvalue weighted by atomic mass is 10.4. The molecule has 0 aliphatic rings. The van der Waals surface area contributed by atoms with Crippen LogP contribution in [0, 0.1) is 0 Å². The number of nitrogens with one attached hydrogen (secondary N) is 2. The van der Waals surface area contributed by atoms with E-state index >= 15 is 0 Å². The number of aliphatic hydroxyl groups is 1. The van der Waals surface area contributed by atoms with Gasteiger partial charge in [0.25, 0.3) is 0 Å². The molecule has 0 aromatic carbocycles. The monoisotopic (exact) mass is 134 g/mol. The minimum atomic E-state index is 1.00. The first kappa shape index (κ1) is 11.6. The average Bonchev–Trinajstić information content (AvgIpc) is 1.94. The van der Waals surface area contributed by atoms with Crippen molar-refractivity contribution in [3.8, 4) is 0 Å². The second-order valence-electron chi connectivity index (χ2n) is 1.56. The van der Waals surface area contributed by atoms with E-state index in [1.54, 1.807) is 0 Å². The van der Waals surface area contributed by atoms with Crippen LogP contribution in [0.2, 0.25) is 0 Å². The number of hydrogen-bond donors (Lipinski definition) is 3. The van der Waals surface area contributed by atoms with Crippen molar-refractivity contribution in [1.82, 2.24) is 10.6 Å². The SMILES string of the molecule is CNCCCNC.CO. The minimum Gasteiger partial charge on any atom is -0.400 e. The van der Waals surface area contributed by atoms with Gasteiger partial charge in [-0.3, -0.25) is 0 Å². The van der Waals surface area contributed by atoms with Gasteiger partial charge in [0.15, 0.2) is 0 Å². The summed E-state index contributed by atoms with van der Waals surface area (Å²) in [6.07, 6.45) is 1.22. The van der Waals surface area contributed by atoms with Gasteiger partial charge in [0.05, 0.1) is 0 Å². The molecule has 0 fully saturated rings. The molecule has 0 aromatic heterocycles. The molecule has 0 radical (unpaired) electrons. The average molecular weight is 134 g/mol. The van der Waals surface area contributed by atoms with Crippen molar-refractivity contribution in [2.75, 3.05) is 34.3 Å². The molecule has 0 spiro atoms. The second kappa shape index (κ2) is 15.7. The fourth-order valence-electron chi connectivity index (χ4n) is 0.442. The van der Waals surface area contributed by atoms with Crippen molar-refractivity contribution >= 4 is 0 Å². The number of rotatable bonds is 4. The van der Waals surface area contributed by atoms with E-state index in [0.29, 0.717) is 0 Å². The standard InChI is InChI=1S/C5H14N2.CH4O/c1-6-4-3-5-7-2;1-2/h6-7H,3-5H2,1-2H3;2H,1H3. The Labute approximate surface area is 57.5 Å². The van der Waals surface area contributed by atoms with Gasteiger partial charge in [-0.1, -0.05) is 0 Å². The van der Waals surface area contributed by atoms with Crippen LogP contribution in [-0.4, -0.2) is 39.4 Å². The molecule has 3 heteroatoms. The molecule has 3 N–H and O–H groups in total. The minimum absolute atomic E-state index is 1.00. The van der Waals surface area contributed by atoms with Gasteiger partial charge in [0.1, 0.15) is 0 Å². The fraction of sp³-hybridized carbons (Fsp3) is 1.00. The van der Waals surface area contributed by atoms with Gasteiger partial charge < -0.3 is 15.7 Å². The Bertz CT molecular complexity index is 30.2. The molecule has 0 atom stereocenters. The van der Waals surface area contributed by atoms with E-state index in [9.17, 15) is 0 Å². The molecule has 0 aliphatic carbocycles. The predicted molar refractivity (Wildman–Crippen MR) is 40.6 cm³/mol. The number of hydrogen-bond acceptors (Lipinski definition) is 3. The first-order valence-corrected chi connectivity index (χ1v) is 3.15. The topological polar surface area (TPSA) is 44.3 Å². The lowest BCUT2D eigenvalue weighted by Crippen LogP contribution is -2.15. The van der Waals surface area contributed by atoms with E-state index in [2.05, 4.69) is 10.6 Å². The molecule has 58 valence electrons. The molecule has 0 bridgehead atoms. The van der Waals surface area contributed by atoms with E-state index < -0.39 is 0 Å². The lowest BCUT2D eigenvalue weighted by molar-refractivity contribution is 0.399. The van der Waals surface area contributed by atoms with Crippen LogP contribution in [0.15, 0.2) is 0 Å². The first-order valence-electron chi connectivity index (χ1n) is 3.15. The molecule has 0 amide bonds. The van der Waals surface area contributed by atoms with Crippen LogP contribution in [0.3, 0.4) is 0 Å². The Kier molecular flexibility index (Phi) is 20.3. The van der Waals surface area contributed by atoms with Gasteiger partial charge in [-0.2, -0.15) is 0 Å². The van der Waals surface area contributed by atoms with E-state index in [1.807, 2.05) is 14.1 Å². The van der Waals surface area contributed by atoms with Crippen molar-refractivity contribution in [1.29, 1.82) is 0 Å². The van der Waals surface area contributed by atoms with Crippen LogP contribution in [-0.2, 0) is 0 Å². The maximum absolute atomic E-state index is 7.00. The quantitative estimate of drug-likeness (QED) is 0.451. The number of aliphatic hydroxyl groups excluding tert-OH is 1. The van der Waals surface area contributed by atoms with Gasteiger partial charge in [0.2, 0.25) is 0 Å². The molecule has 0 saturated carbocycles. The Hall–Kier alpha value is -0.120. The summed E-state index contributed by atoms with van der Waals surface area (Å²) in [5, 5.41) is 13.1. The van der Waals surface area contributed by atoms with Crippen molar-refractivity contribution < 1.29 is 5.11 Å². The van der Waals surface area contributed by atoms with Crippen LogP contribution in [0.25, 0.3) is 0 Å². The third-order valence-electron chi connectivity index (χ3n) is 0.854. The lowest BCUT2D eigenvalue weighted by Gasteiger charge is -1.95. The normalized spacial score (nSPS) is 8.00. The zero-order valence-electron chi connectivity index (χ0n) is 6.57. The Balaban J connectivity index is 0. The summed E-state index contributed by atoms with van der Waals surface area (Å²) in [7, 11) is 4.94. The summed E-state index contributed by atoms with van der Waals surface area (Å²) in [4.78, 5) is 0. The van der Waals surface area contributed by atoms with Crippen molar-refractivity contribution in [3.05, 3.63) is 0 Å². The van der Waals surface area contributed by atoms with Crippen LogP contribution in [0.5, 0.6) is 0 Å². The smallest absolute Gasteiger partial charge is 0.0319 e. The van der Waals surface area contributed by atoms with E-state index in [4.69, 9.17) is 5.11 Å². The summed E-state index contributed by atoms with van der Waals surface area (Å²) in [5.74, 6) is 0. The molecule has 3 nitrogen and oxygen atoms in total. The van der Waals surface area contributed by atoms with Crippen molar-refractivity contribution in [2.45, 2.75) is 6.42 Å². The van der Waals surface area contributed by atoms with Crippen LogP contribution in [0.1, 0.15) is 6.42 Å². The summed E-state index contributed by atoms with van der Waals surface area (Å²) in [6, 6.07) is 0. The van der Waals surface area contributed by atoms with Gasteiger partial charge in [-0.25, -0.2) is 0 Å². The maximum atomic E-state index is 7.00. The van der Waals surface area contributed by atoms with Crippen LogP contribution >= 0.6 is 0 Å². The summed E-state index contributed by atoms with van der Waals surface area (Å²) in [5.41, 5.74) is 0. The predicted octanol–water partition coefficient (Wildman–Crippen LogP) is -0.576. The highest BCUT2D eigenvalue weighted by Gasteiger charge is 1.77. The first-order chi connectivity index (χ1) is 4.41. The maximum Gasteiger partial charge on any atom is 0.0319 e. The molecular formula is C6H18N2O. The zero-order chi connectivity index (χ0) is 7.54. The van der Waals surface area contributed by atoms with Crippen molar-refractivity contribution in [3.63, 3.8) is 0 Å². The van der Waals surface area contributed by atoms with E-state index in [0.717, 1.165) is 20.2 Å². The molecule has 0 unspecified atom stereocenters. The fourth-order valence-corrected chi connectivity index (χ4v) is 0.442. The Morgan fingerprint density at radius 3 is 1.56 bits per heavy atom. The molecule has 0 aliphatic heterocycles. The third kappa shape index (κ3) is 18.1. The molecule has 0 rings (SSSR count). The zero-order valence-corrected chi connectivity index (χ0v) is 6.57. The van der Waals surface area contributed by atoms with Crippen LogP contribution < -0.4 is 10.6 Å². The van der Waals surface area contributed by atoms with Gasteiger partial charge >= 0.3 is 0 Å². The highest BCUT2D eigenvalue weighted by atomic mass is 16.2. The van der Waals surface area contributed by atoms with Gasteiger partial charge in [-0.15, -0.1) is 0 Å².